The molecule has 21 heavy (non-hydrogen) atoms. The van der Waals surface area contributed by atoms with E-state index in [2.05, 4.69) is 12.2 Å². The number of hydrogen-bond acceptors (Lipinski definition) is 3. The van der Waals surface area contributed by atoms with E-state index in [4.69, 9.17) is 4.74 Å². The second kappa shape index (κ2) is 8.03. The predicted octanol–water partition coefficient (Wildman–Crippen LogP) is 2.36. The lowest BCUT2D eigenvalue weighted by molar-refractivity contribution is -0.132. The van der Waals surface area contributed by atoms with Gasteiger partial charge in [0.2, 0.25) is 5.91 Å². The van der Waals surface area contributed by atoms with Gasteiger partial charge in [-0.25, -0.2) is 0 Å². The maximum absolute atomic E-state index is 12.1. The Hall–Kier alpha value is -1.55. The van der Waals surface area contributed by atoms with Crippen molar-refractivity contribution in [1.29, 1.82) is 0 Å². The molecule has 1 aromatic rings. The zero-order chi connectivity index (χ0) is 15.1. The summed E-state index contributed by atoms with van der Waals surface area (Å²) in [6.45, 7) is 7.34. The maximum atomic E-state index is 12.1. The van der Waals surface area contributed by atoms with Crippen molar-refractivity contribution in [3.63, 3.8) is 0 Å². The molecule has 1 N–H and O–H groups in total. The molecular formula is C17H26N2O2. The van der Waals surface area contributed by atoms with Crippen molar-refractivity contribution in [3.8, 4) is 5.75 Å². The van der Waals surface area contributed by atoms with Crippen LogP contribution in [0.25, 0.3) is 0 Å². The molecular weight excluding hydrogens is 264 g/mol. The molecule has 1 fully saturated rings. The summed E-state index contributed by atoms with van der Waals surface area (Å²) >= 11 is 0. The standard InChI is InChI=1S/C17H26N2O2/c1-3-18-15-7-10-19(11-8-15)17(20)9-12-21-16-6-4-5-14(2)13-16/h4-6,13,15,18H,3,7-12H2,1-2H3. The number of amides is 1. The quantitative estimate of drug-likeness (QED) is 0.874. The van der Waals surface area contributed by atoms with Crippen LogP contribution in [0.1, 0.15) is 31.7 Å². The molecule has 1 saturated heterocycles. The van der Waals surface area contributed by atoms with Crippen LogP contribution in [0.3, 0.4) is 0 Å². The van der Waals surface area contributed by atoms with Crippen LogP contribution in [-0.4, -0.2) is 43.1 Å². The first-order chi connectivity index (χ1) is 10.2. The smallest absolute Gasteiger partial charge is 0.225 e. The van der Waals surface area contributed by atoms with E-state index in [1.165, 1.54) is 5.56 Å². The average molecular weight is 290 g/mol. The first-order valence-corrected chi connectivity index (χ1v) is 7.89. The highest BCUT2D eigenvalue weighted by atomic mass is 16.5. The summed E-state index contributed by atoms with van der Waals surface area (Å²) in [5, 5.41) is 3.45. The van der Waals surface area contributed by atoms with E-state index in [0.717, 1.165) is 38.2 Å². The van der Waals surface area contributed by atoms with Gasteiger partial charge in [-0.3, -0.25) is 4.79 Å². The van der Waals surface area contributed by atoms with Crippen molar-refractivity contribution in [2.75, 3.05) is 26.2 Å². The van der Waals surface area contributed by atoms with E-state index in [1.54, 1.807) is 0 Å². The largest absolute Gasteiger partial charge is 0.493 e. The van der Waals surface area contributed by atoms with Gasteiger partial charge in [-0.1, -0.05) is 19.1 Å². The Balaban J connectivity index is 1.68. The van der Waals surface area contributed by atoms with Crippen molar-refractivity contribution in [3.05, 3.63) is 29.8 Å². The van der Waals surface area contributed by atoms with Crippen LogP contribution >= 0.6 is 0 Å². The Bertz CT molecular complexity index is 454. The van der Waals surface area contributed by atoms with E-state index in [1.807, 2.05) is 36.1 Å². The monoisotopic (exact) mass is 290 g/mol. The maximum Gasteiger partial charge on any atom is 0.225 e. The first-order valence-electron chi connectivity index (χ1n) is 7.89. The van der Waals surface area contributed by atoms with E-state index < -0.39 is 0 Å². The highest BCUT2D eigenvalue weighted by molar-refractivity contribution is 5.76. The van der Waals surface area contributed by atoms with Gasteiger partial charge >= 0.3 is 0 Å². The van der Waals surface area contributed by atoms with Gasteiger partial charge in [0.1, 0.15) is 5.75 Å². The van der Waals surface area contributed by atoms with Crippen LogP contribution < -0.4 is 10.1 Å². The summed E-state index contributed by atoms with van der Waals surface area (Å²) < 4.78 is 5.65. The van der Waals surface area contributed by atoms with Gasteiger partial charge in [-0.15, -0.1) is 0 Å². The fraction of sp³-hybridized carbons (Fsp3) is 0.588. The number of carbonyl (C=O) groups excluding carboxylic acids is 1. The van der Waals surface area contributed by atoms with Gasteiger partial charge in [-0.05, 0) is 44.0 Å². The Morgan fingerprint density at radius 1 is 1.38 bits per heavy atom. The lowest BCUT2D eigenvalue weighted by Crippen LogP contribution is -2.45. The average Bonchev–Trinajstić information content (AvgIpc) is 2.48. The molecule has 4 heteroatoms. The molecule has 1 aromatic carbocycles. The van der Waals surface area contributed by atoms with Crippen LogP contribution in [-0.2, 0) is 4.79 Å². The molecule has 0 aliphatic carbocycles. The number of carbonyl (C=O) groups is 1. The third kappa shape index (κ3) is 5.05. The molecule has 116 valence electrons. The molecule has 0 spiro atoms. The Kier molecular flexibility index (Phi) is 6.05. The third-order valence-corrected chi connectivity index (χ3v) is 3.91. The first kappa shape index (κ1) is 15.8. The van der Waals surface area contributed by atoms with Gasteiger partial charge in [0.05, 0.1) is 13.0 Å². The van der Waals surface area contributed by atoms with E-state index in [-0.39, 0.29) is 5.91 Å². The van der Waals surface area contributed by atoms with Crippen molar-refractivity contribution in [1.82, 2.24) is 10.2 Å². The highest BCUT2D eigenvalue weighted by Gasteiger charge is 2.21. The number of ether oxygens (including phenoxy) is 1. The number of hydrogen-bond donors (Lipinski definition) is 1. The Morgan fingerprint density at radius 2 is 2.14 bits per heavy atom. The summed E-state index contributed by atoms with van der Waals surface area (Å²) in [5.41, 5.74) is 1.17. The van der Waals surface area contributed by atoms with E-state index in [9.17, 15) is 4.79 Å². The molecule has 0 unspecified atom stereocenters. The minimum Gasteiger partial charge on any atom is -0.493 e. The third-order valence-electron chi connectivity index (χ3n) is 3.91. The van der Waals surface area contributed by atoms with Crippen LogP contribution in [0.5, 0.6) is 5.75 Å². The molecule has 0 atom stereocenters. The normalized spacial score (nSPS) is 16.0. The predicted molar refractivity (Wildman–Crippen MR) is 84.6 cm³/mol. The number of benzene rings is 1. The summed E-state index contributed by atoms with van der Waals surface area (Å²) in [6, 6.07) is 8.50. The van der Waals surface area contributed by atoms with Crippen molar-refractivity contribution >= 4 is 5.91 Å². The summed E-state index contributed by atoms with van der Waals surface area (Å²) in [5.74, 6) is 1.05. The second-order valence-electron chi connectivity index (χ2n) is 5.63. The number of aryl methyl sites for hydroxylation is 1. The fourth-order valence-electron chi connectivity index (χ4n) is 2.74. The topological polar surface area (TPSA) is 41.6 Å². The number of nitrogens with one attached hydrogen (secondary N) is 1. The number of nitrogens with zero attached hydrogens (tertiary/aromatic N) is 1. The number of rotatable bonds is 6. The van der Waals surface area contributed by atoms with Crippen LogP contribution in [0.2, 0.25) is 0 Å². The molecule has 0 bridgehead atoms. The highest BCUT2D eigenvalue weighted by Crippen LogP contribution is 2.14. The van der Waals surface area contributed by atoms with Gasteiger partial charge in [0.15, 0.2) is 0 Å². The molecule has 2 rings (SSSR count). The van der Waals surface area contributed by atoms with Crippen molar-refractivity contribution in [2.24, 2.45) is 0 Å². The zero-order valence-electron chi connectivity index (χ0n) is 13.1. The summed E-state index contributed by atoms with van der Waals surface area (Å²) in [4.78, 5) is 14.1. The molecule has 4 nitrogen and oxygen atoms in total. The molecule has 1 aliphatic rings. The number of likely N-dealkylation sites (tertiary alicyclic amines) is 1. The molecule has 1 heterocycles. The van der Waals surface area contributed by atoms with Gasteiger partial charge in [0, 0.05) is 19.1 Å². The molecule has 0 aromatic heterocycles. The minimum absolute atomic E-state index is 0.206. The molecule has 0 radical (unpaired) electrons. The molecule has 1 aliphatic heterocycles. The van der Waals surface area contributed by atoms with Crippen LogP contribution in [0.4, 0.5) is 0 Å². The summed E-state index contributed by atoms with van der Waals surface area (Å²) in [6.07, 6.45) is 2.57. The lowest BCUT2D eigenvalue weighted by Gasteiger charge is -2.32. The van der Waals surface area contributed by atoms with E-state index in [0.29, 0.717) is 19.1 Å². The van der Waals surface area contributed by atoms with Crippen molar-refractivity contribution < 1.29 is 9.53 Å². The van der Waals surface area contributed by atoms with Gasteiger partial charge < -0.3 is 15.0 Å². The minimum atomic E-state index is 0.206. The van der Waals surface area contributed by atoms with Crippen LogP contribution in [0.15, 0.2) is 24.3 Å². The Morgan fingerprint density at radius 3 is 2.81 bits per heavy atom. The van der Waals surface area contributed by atoms with Crippen molar-refractivity contribution in [2.45, 2.75) is 39.2 Å². The number of piperidine rings is 1. The zero-order valence-corrected chi connectivity index (χ0v) is 13.1. The SMILES string of the molecule is CCNC1CCN(C(=O)CCOc2cccc(C)c2)CC1. The molecule has 0 saturated carbocycles. The van der Waals surface area contributed by atoms with E-state index >= 15 is 0 Å². The second-order valence-corrected chi connectivity index (χ2v) is 5.63. The summed E-state index contributed by atoms with van der Waals surface area (Å²) in [7, 11) is 0. The lowest BCUT2D eigenvalue weighted by atomic mass is 10.0. The fourth-order valence-corrected chi connectivity index (χ4v) is 2.74. The molecule has 1 amide bonds. The van der Waals surface area contributed by atoms with Gasteiger partial charge in [-0.2, -0.15) is 0 Å². The van der Waals surface area contributed by atoms with Gasteiger partial charge in [0.25, 0.3) is 0 Å². The Labute approximate surface area is 127 Å². The van der Waals surface area contributed by atoms with Crippen LogP contribution in [0, 0.1) is 6.92 Å².